The van der Waals surface area contributed by atoms with Crippen molar-refractivity contribution in [3.63, 3.8) is 0 Å². The lowest BCUT2D eigenvalue weighted by Gasteiger charge is -2.20. The number of hydrogen-bond acceptors (Lipinski definition) is 4. The summed E-state index contributed by atoms with van der Waals surface area (Å²) >= 11 is 0. The number of anilines is 2. The monoisotopic (exact) mass is 292 g/mol. The second kappa shape index (κ2) is 9.59. The zero-order chi connectivity index (χ0) is 15.7. The van der Waals surface area contributed by atoms with E-state index in [2.05, 4.69) is 42.6 Å². The van der Waals surface area contributed by atoms with Crippen LogP contribution in [0, 0.1) is 6.92 Å². The molecule has 0 bridgehead atoms. The summed E-state index contributed by atoms with van der Waals surface area (Å²) < 4.78 is 0. The summed E-state index contributed by atoms with van der Waals surface area (Å²) in [7, 11) is 0. The average molecular weight is 292 g/mol. The fourth-order valence-corrected chi connectivity index (χ4v) is 2.64. The van der Waals surface area contributed by atoms with E-state index >= 15 is 0 Å². The van der Waals surface area contributed by atoms with Gasteiger partial charge in [-0.1, -0.05) is 39.0 Å². The zero-order valence-corrected chi connectivity index (χ0v) is 14.3. The van der Waals surface area contributed by atoms with Crippen molar-refractivity contribution in [2.24, 2.45) is 0 Å². The highest BCUT2D eigenvalue weighted by molar-refractivity contribution is 5.47. The summed E-state index contributed by atoms with van der Waals surface area (Å²) in [6, 6.07) is 0. The minimum atomic E-state index is 0.665. The number of aryl methyl sites for hydroxylation is 1. The zero-order valence-electron chi connectivity index (χ0n) is 14.3. The van der Waals surface area contributed by atoms with Crippen molar-refractivity contribution in [2.45, 2.75) is 72.6 Å². The Morgan fingerprint density at radius 3 is 2.10 bits per heavy atom. The minimum Gasteiger partial charge on any atom is -0.383 e. The van der Waals surface area contributed by atoms with Gasteiger partial charge in [-0.2, -0.15) is 4.98 Å². The number of unbranched alkanes of at least 4 members (excludes halogenated alkanes) is 5. The molecule has 0 radical (unpaired) electrons. The second-order valence-corrected chi connectivity index (χ2v) is 5.66. The van der Waals surface area contributed by atoms with Crippen molar-refractivity contribution >= 4 is 11.8 Å². The maximum atomic E-state index is 6.15. The van der Waals surface area contributed by atoms with E-state index in [1.807, 2.05) is 0 Å². The molecule has 0 aromatic carbocycles. The van der Waals surface area contributed by atoms with Gasteiger partial charge >= 0.3 is 0 Å². The first kappa shape index (κ1) is 17.7. The lowest BCUT2D eigenvalue weighted by Crippen LogP contribution is -2.25. The Bertz CT molecular complexity index is 390. The Hall–Kier alpha value is -1.32. The van der Waals surface area contributed by atoms with Gasteiger partial charge in [-0.05, 0) is 33.6 Å². The van der Waals surface area contributed by atoms with E-state index in [9.17, 15) is 0 Å². The average Bonchev–Trinajstić information content (AvgIpc) is 2.46. The van der Waals surface area contributed by atoms with Crippen LogP contribution in [0.5, 0.6) is 0 Å². The second-order valence-electron chi connectivity index (χ2n) is 5.66. The first-order valence-electron chi connectivity index (χ1n) is 8.51. The van der Waals surface area contributed by atoms with E-state index in [0.717, 1.165) is 36.7 Å². The lowest BCUT2D eigenvalue weighted by molar-refractivity contribution is 0.606. The van der Waals surface area contributed by atoms with Gasteiger partial charge in [0.2, 0.25) is 5.95 Å². The molecule has 0 amide bonds. The molecule has 0 aliphatic heterocycles. The van der Waals surface area contributed by atoms with Gasteiger partial charge in [0.1, 0.15) is 5.82 Å². The summed E-state index contributed by atoms with van der Waals surface area (Å²) in [6.45, 7) is 10.3. The molecule has 1 aromatic rings. The molecule has 21 heavy (non-hydrogen) atoms. The molecule has 0 atom stereocenters. The van der Waals surface area contributed by atoms with Gasteiger partial charge in [-0.15, -0.1) is 0 Å². The van der Waals surface area contributed by atoms with Crippen molar-refractivity contribution in [1.29, 1.82) is 0 Å². The Labute approximate surface area is 130 Å². The first-order chi connectivity index (χ1) is 10.1. The highest BCUT2D eigenvalue weighted by Gasteiger charge is 2.12. The smallest absolute Gasteiger partial charge is 0.227 e. The molecule has 1 aromatic heterocycles. The molecule has 0 aliphatic carbocycles. The number of nitrogens with two attached hydrogens (primary N) is 1. The summed E-state index contributed by atoms with van der Waals surface area (Å²) in [4.78, 5) is 11.3. The molecule has 0 fully saturated rings. The van der Waals surface area contributed by atoms with Gasteiger partial charge in [0.15, 0.2) is 0 Å². The maximum absolute atomic E-state index is 6.15. The van der Waals surface area contributed by atoms with Crippen LogP contribution in [0.15, 0.2) is 0 Å². The van der Waals surface area contributed by atoms with Gasteiger partial charge in [-0.3, -0.25) is 0 Å². The summed E-state index contributed by atoms with van der Waals surface area (Å²) in [5, 5.41) is 0. The van der Waals surface area contributed by atoms with Crippen LogP contribution in [0.2, 0.25) is 0 Å². The number of rotatable bonds is 10. The number of aromatic nitrogens is 2. The molecule has 1 rings (SSSR count). The van der Waals surface area contributed by atoms with E-state index < -0.39 is 0 Å². The summed E-state index contributed by atoms with van der Waals surface area (Å²) in [5.41, 5.74) is 8.33. The number of hydrogen-bond donors (Lipinski definition) is 1. The maximum Gasteiger partial charge on any atom is 0.227 e. The molecule has 0 aliphatic rings. The van der Waals surface area contributed by atoms with E-state index in [1.54, 1.807) is 0 Å². The Morgan fingerprint density at radius 2 is 1.52 bits per heavy atom. The van der Waals surface area contributed by atoms with Crippen LogP contribution in [0.3, 0.4) is 0 Å². The minimum absolute atomic E-state index is 0.665. The van der Waals surface area contributed by atoms with Gasteiger partial charge in [0.25, 0.3) is 0 Å². The van der Waals surface area contributed by atoms with Gasteiger partial charge < -0.3 is 10.6 Å². The third kappa shape index (κ3) is 5.52. The third-order valence-corrected chi connectivity index (χ3v) is 4.06. The third-order valence-electron chi connectivity index (χ3n) is 4.06. The predicted octanol–water partition coefficient (Wildman–Crippen LogP) is 4.12. The van der Waals surface area contributed by atoms with Crippen molar-refractivity contribution in [2.75, 3.05) is 23.7 Å². The Morgan fingerprint density at radius 1 is 0.905 bits per heavy atom. The van der Waals surface area contributed by atoms with E-state index in [0.29, 0.717) is 5.82 Å². The van der Waals surface area contributed by atoms with Crippen molar-refractivity contribution in [1.82, 2.24) is 9.97 Å². The first-order valence-corrected chi connectivity index (χ1v) is 8.51. The van der Waals surface area contributed by atoms with E-state index in [4.69, 9.17) is 5.73 Å². The van der Waals surface area contributed by atoms with E-state index in [1.165, 1.54) is 38.5 Å². The highest BCUT2D eigenvalue weighted by atomic mass is 15.3. The van der Waals surface area contributed by atoms with Crippen LogP contribution in [0.1, 0.15) is 70.6 Å². The molecule has 120 valence electrons. The van der Waals surface area contributed by atoms with Gasteiger partial charge in [-0.25, -0.2) is 4.98 Å². The topological polar surface area (TPSA) is 55.0 Å². The summed E-state index contributed by atoms with van der Waals surface area (Å²) in [5.74, 6) is 1.43. The molecular formula is C17H32N4. The van der Waals surface area contributed by atoms with Gasteiger partial charge in [0.05, 0.1) is 0 Å². The molecule has 0 saturated heterocycles. The van der Waals surface area contributed by atoms with Crippen LogP contribution in [-0.2, 0) is 6.42 Å². The molecule has 0 unspecified atom stereocenters. The fraction of sp³-hybridized carbons (Fsp3) is 0.765. The van der Waals surface area contributed by atoms with Crippen LogP contribution in [0.25, 0.3) is 0 Å². The fourth-order valence-electron chi connectivity index (χ4n) is 2.64. The SMILES string of the molecule is CCCCCCCCc1c(C)nc(N(CC)CC)nc1N. The predicted molar refractivity (Wildman–Crippen MR) is 91.8 cm³/mol. The molecule has 0 saturated carbocycles. The van der Waals surface area contributed by atoms with Crippen LogP contribution >= 0.6 is 0 Å². The number of nitrogens with zero attached hydrogens (tertiary/aromatic N) is 3. The highest BCUT2D eigenvalue weighted by Crippen LogP contribution is 2.20. The van der Waals surface area contributed by atoms with Gasteiger partial charge in [0, 0.05) is 24.3 Å². The molecule has 0 spiro atoms. The normalized spacial score (nSPS) is 10.9. The van der Waals surface area contributed by atoms with E-state index in [-0.39, 0.29) is 0 Å². The quantitative estimate of drug-likeness (QED) is 0.659. The Balaban J connectivity index is 2.59. The molecule has 1 heterocycles. The molecule has 4 nitrogen and oxygen atoms in total. The van der Waals surface area contributed by atoms with Crippen molar-refractivity contribution < 1.29 is 0 Å². The Kier molecular flexibility index (Phi) is 8.09. The van der Waals surface area contributed by atoms with Crippen LogP contribution in [0.4, 0.5) is 11.8 Å². The standard InChI is InChI=1S/C17H32N4/c1-5-8-9-10-11-12-13-15-14(4)19-17(20-16(15)18)21(6-2)7-3/h5-13H2,1-4H3,(H2,18,19,20). The largest absolute Gasteiger partial charge is 0.383 e. The molecule has 4 heteroatoms. The van der Waals surface area contributed by atoms with Crippen LogP contribution < -0.4 is 10.6 Å². The lowest BCUT2D eigenvalue weighted by atomic mass is 10.0. The van der Waals surface area contributed by atoms with Crippen molar-refractivity contribution in [3.8, 4) is 0 Å². The van der Waals surface area contributed by atoms with Crippen molar-refractivity contribution in [3.05, 3.63) is 11.3 Å². The van der Waals surface area contributed by atoms with Crippen LogP contribution in [-0.4, -0.2) is 23.1 Å². The molecule has 2 N–H and O–H groups in total. The number of nitrogen functional groups attached to an aromatic ring is 1. The summed E-state index contributed by atoms with van der Waals surface area (Å²) in [6.07, 6.45) is 8.78. The molecular weight excluding hydrogens is 260 g/mol.